The molecule has 0 aromatic heterocycles. The van der Waals surface area contributed by atoms with Gasteiger partial charge < -0.3 is 10.4 Å². The van der Waals surface area contributed by atoms with Crippen LogP contribution in [0.2, 0.25) is 0 Å². The molecule has 21 heavy (non-hydrogen) atoms. The molecule has 0 amide bonds. The van der Waals surface area contributed by atoms with Crippen LogP contribution >= 0.6 is 0 Å². The highest BCUT2D eigenvalue weighted by atomic mass is 16.6. The first-order chi connectivity index (χ1) is 9.99. The third-order valence-electron chi connectivity index (χ3n) is 4.52. The zero-order valence-corrected chi connectivity index (χ0v) is 12.1. The van der Waals surface area contributed by atoms with E-state index in [1.807, 2.05) is 0 Å². The molecule has 0 aliphatic heterocycles. The first-order valence-corrected chi connectivity index (χ1v) is 7.19. The fraction of sp³-hybridized carbons (Fsp3) is 0.533. The van der Waals surface area contributed by atoms with E-state index in [-0.39, 0.29) is 11.3 Å². The Hall–Kier alpha value is -1.95. The molecule has 114 valence electrons. The Morgan fingerprint density at radius 2 is 2.19 bits per heavy atom. The number of hydrogen-bond acceptors (Lipinski definition) is 4. The van der Waals surface area contributed by atoms with Crippen LogP contribution in [-0.4, -0.2) is 22.5 Å². The smallest absolute Gasteiger partial charge is 0.343 e. The van der Waals surface area contributed by atoms with Gasteiger partial charge in [0.05, 0.1) is 4.92 Å². The normalized spacial score (nSPS) is 16.2. The first kappa shape index (κ1) is 15.4. The molecule has 0 atom stereocenters. The molecule has 0 spiro atoms. The summed E-state index contributed by atoms with van der Waals surface area (Å²) in [4.78, 5) is 21.6. The summed E-state index contributed by atoms with van der Waals surface area (Å²) in [6, 6.07) is 4.38. The van der Waals surface area contributed by atoms with Gasteiger partial charge in [0.15, 0.2) is 0 Å². The van der Waals surface area contributed by atoms with Crippen LogP contribution in [0.1, 0.15) is 48.5 Å². The van der Waals surface area contributed by atoms with Crippen molar-refractivity contribution in [3.8, 4) is 0 Å². The van der Waals surface area contributed by atoms with Crippen molar-refractivity contribution in [2.24, 2.45) is 5.41 Å². The van der Waals surface area contributed by atoms with E-state index in [2.05, 4.69) is 12.2 Å². The van der Waals surface area contributed by atoms with Crippen LogP contribution in [0.5, 0.6) is 0 Å². The van der Waals surface area contributed by atoms with Gasteiger partial charge in [-0.1, -0.05) is 25.5 Å². The lowest BCUT2D eigenvalue weighted by Gasteiger charge is -2.41. The average Bonchev–Trinajstić information content (AvgIpc) is 2.41. The minimum Gasteiger partial charge on any atom is -0.477 e. The SMILES string of the molecule is CCC1(CNCc2cccc([N+](=O)[O-])c2C(=O)O)CCC1. The number of aromatic carboxylic acids is 1. The first-order valence-electron chi connectivity index (χ1n) is 7.19. The Morgan fingerprint density at radius 3 is 2.67 bits per heavy atom. The van der Waals surface area contributed by atoms with Crippen molar-refractivity contribution >= 4 is 11.7 Å². The van der Waals surface area contributed by atoms with Crippen molar-refractivity contribution < 1.29 is 14.8 Å². The predicted octanol–water partition coefficient (Wildman–Crippen LogP) is 2.96. The number of hydrogen-bond donors (Lipinski definition) is 2. The maximum atomic E-state index is 11.3. The van der Waals surface area contributed by atoms with Gasteiger partial charge in [-0.2, -0.15) is 0 Å². The summed E-state index contributed by atoms with van der Waals surface area (Å²) in [6.45, 7) is 3.33. The van der Waals surface area contributed by atoms with Gasteiger partial charge in [0, 0.05) is 19.2 Å². The van der Waals surface area contributed by atoms with Gasteiger partial charge in [0.1, 0.15) is 5.56 Å². The minimum absolute atomic E-state index is 0.214. The lowest BCUT2D eigenvalue weighted by molar-refractivity contribution is -0.385. The Morgan fingerprint density at radius 1 is 1.48 bits per heavy atom. The van der Waals surface area contributed by atoms with Gasteiger partial charge in [0.2, 0.25) is 0 Å². The third-order valence-corrected chi connectivity index (χ3v) is 4.52. The topological polar surface area (TPSA) is 92.5 Å². The molecule has 2 N–H and O–H groups in total. The molecule has 1 aromatic rings. The Bertz CT molecular complexity index is 547. The zero-order valence-electron chi connectivity index (χ0n) is 12.1. The van der Waals surface area contributed by atoms with E-state index in [0.29, 0.717) is 17.5 Å². The predicted molar refractivity (Wildman–Crippen MR) is 78.3 cm³/mol. The molecule has 0 unspecified atom stereocenters. The van der Waals surface area contributed by atoms with Crippen LogP contribution in [0.25, 0.3) is 0 Å². The molecular formula is C15H20N2O4. The van der Waals surface area contributed by atoms with Gasteiger partial charge in [-0.25, -0.2) is 4.79 Å². The van der Waals surface area contributed by atoms with Crippen LogP contribution in [0.15, 0.2) is 18.2 Å². The fourth-order valence-electron chi connectivity index (χ4n) is 2.93. The van der Waals surface area contributed by atoms with Crippen LogP contribution in [0, 0.1) is 15.5 Å². The van der Waals surface area contributed by atoms with E-state index in [9.17, 15) is 20.0 Å². The number of benzene rings is 1. The lowest BCUT2D eigenvalue weighted by atomic mass is 9.67. The summed E-state index contributed by atoms with van der Waals surface area (Å²) >= 11 is 0. The van der Waals surface area contributed by atoms with Crippen molar-refractivity contribution in [1.82, 2.24) is 5.32 Å². The molecule has 0 bridgehead atoms. The van der Waals surface area contributed by atoms with Crippen molar-refractivity contribution in [1.29, 1.82) is 0 Å². The quantitative estimate of drug-likeness (QED) is 0.595. The average molecular weight is 292 g/mol. The number of nitro groups is 1. The number of nitrogens with zero attached hydrogens (tertiary/aromatic N) is 1. The summed E-state index contributed by atoms with van der Waals surface area (Å²) < 4.78 is 0. The largest absolute Gasteiger partial charge is 0.477 e. The Labute approximate surface area is 123 Å². The number of carbonyl (C=O) groups is 1. The second-order valence-electron chi connectivity index (χ2n) is 5.68. The van der Waals surface area contributed by atoms with Gasteiger partial charge in [0.25, 0.3) is 5.69 Å². The molecule has 2 rings (SSSR count). The number of carboxylic acid groups (broad SMARTS) is 1. The van der Waals surface area contributed by atoms with E-state index in [1.165, 1.54) is 31.4 Å². The summed E-state index contributed by atoms with van der Waals surface area (Å²) in [5, 5.41) is 23.4. The molecule has 6 heteroatoms. The molecule has 1 fully saturated rings. The molecule has 0 heterocycles. The molecular weight excluding hydrogens is 272 g/mol. The van der Waals surface area contributed by atoms with E-state index in [1.54, 1.807) is 6.07 Å². The highest BCUT2D eigenvalue weighted by molar-refractivity contribution is 5.94. The number of rotatable bonds is 7. The maximum Gasteiger partial charge on any atom is 0.343 e. The molecule has 1 aliphatic carbocycles. The van der Waals surface area contributed by atoms with Crippen LogP contribution < -0.4 is 5.32 Å². The maximum absolute atomic E-state index is 11.3. The standard InChI is InChI=1S/C15H20N2O4/c1-2-15(7-4-8-15)10-16-9-11-5-3-6-12(17(20)21)13(11)14(18)19/h3,5-6,16H,2,4,7-10H2,1H3,(H,18,19). The summed E-state index contributed by atoms with van der Waals surface area (Å²) in [6.07, 6.45) is 4.72. The van der Waals surface area contributed by atoms with Crippen LogP contribution in [0.3, 0.4) is 0 Å². The molecule has 0 saturated heterocycles. The minimum atomic E-state index is -1.26. The van der Waals surface area contributed by atoms with Gasteiger partial charge in [-0.15, -0.1) is 0 Å². The second-order valence-corrected chi connectivity index (χ2v) is 5.68. The zero-order chi connectivity index (χ0) is 15.5. The van der Waals surface area contributed by atoms with Crippen LogP contribution in [-0.2, 0) is 6.54 Å². The molecule has 1 aromatic carbocycles. The van der Waals surface area contributed by atoms with Crippen molar-refractivity contribution in [3.63, 3.8) is 0 Å². The molecule has 1 saturated carbocycles. The number of nitrogens with one attached hydrogen (secondary N) is 1. The highest BCUT2D eigenvalue weighted by Crippen LogP contribution is 2.43. The second kappa shape index (κ2) is 6.22. The van der Waals surface area contributed by atoms with Crippen molar-refractivity contribution in [3.05, 3.63) is 39.4 Å². The van der Waals surface area contributed by atoms with E-state index < -0.39 is 10.9 Å². The third kappa shape index (κ3) is 3.21. The molecule has 6 nitrogen and oxygen atoms in total. The van der Waals surface area contributed by atoms with Crippen LogP contribution in [0.4, 0.5) is 5.69 Å². The lowest BCUT2D eigenvalue weighted by Crippen LogP contribution is -2.39. The van der Waals surface area contributed by atoms with Crippen molar-refractivity contribution in [2.75, 3.05) is 6.54 Å². The molecule has 0 radical (unpaired) electrons. The fourth-order valence-corrected chi connectivity index (χ4v) is 2.93. The van der Waals surface area contributed by atoms with Gasteiger partial charge >= 0.3 is 5.97 Å². The van der Waals surface area contributed by atoms with Gasteiger partial charge in [-0.05, 0) is 30.2 Å². The Balaban J connectivity index is 2.11. The number of nitro benzene ring substituents is 1. The van der Waals surface area contributed by atoms with Gasteiger partial charge in [-0.3, -0.25) is 10.1 Å². The summed E-state index contributed by atoms with van der Waals surface area (Å²) in [7, 11) is 0. The monoisotopic (exact) mass is 292 g/mol. The Kier molecular flexibility index (Phi) is 4.57. The molecule has 1 aliphatic rings. The van der Waals surface area contributed by atoms with Crippen molar-refractivity contribution in [2.45, 2.75) is 39.2 Å². The number of carboxylic acids is 1. The highest BCUT2D eigenvalue weighted by Gasteiger charge is 2.34. The summed E-state index contributed by atoms with van der Waals surface area (Å²) in [5.74, 6) is -1.26. The van der Waals surface area contributed by atoms with E-state index in [4.69, 9.17) is 0 Å². The summed E-state index contributed by atoms with van der Waals surface area (Å²) in [5.41, 5.74) is 0.219. The van der Waals surface area contributed by atoms with E-state index >= 15 is 0 Å². The van der Waals surface area contributed by atoms with E-state index in [0.717, 1.165) is 13.0 Å².